The highest BCUT2D eigenvalue weighted by atomic mass is 32.2. The third kappa shape index (κ3) is 3.18. The lowest BCUT2D eigenvalue weighted by molar-refractivity contribution is 0.191. The van der Waals surface area contributed by atoms with Gasteiger partial charge in [-0.1, -0.05) is 19.8 Å². The number of hydrogen-bond acceptors (Lipinski definition) is 5. The molecule has 0 aromatic rings. The van der Waals surface area contributed by atoms with E-state index in [4.69, 9.17) is 5.73 Å². The Morgan fingerprint density at radius 3 is 2.50 bits per heavy atom. The lowest BCUT2D eigenvalue weighted by Gasteiger charge is -2.42. The smallest absolute Gasteiger partial charge is 0.216 e. The van der Waals surface area contributed by atoms with Gasteiger partial charge in [0.2, 0.25) is 10.0 Å². The average Bonchev–Trinajstić information content (AvgIpc) is 2.73. The molecule has 118 valence electrons. The van der Waals surface area contributed by atoms with Gasteiger partial charge in [-0.15, -0.1) is 0 Å². The third-order valence-corrected chi connectivity index (χ3v) is 8.74. The van der Waals surface area contributed by atoms with Crippen molar-refractivity contribution in [3.05, 3.63) is 0 Å². The Labute approximate surface area is 121 Å². The minimum Gasteiger partial charge on any atom is -0.329 e. The van der Waals surface area contributed by atoms with Gasteiger partial charge in [-0.25, -0.2) is 21.6 Å². The molecule has 0 aromatic heterocycles. The summed E-state index contributed by atoms with van der Waals surface area (Å²) in [6.45, 7) is 2.27. The van der Waals surface area contributed by atoms with Crippen molar-refractivity contribution in [1.29, 1.82) is 0 Å². The summed E-state index contributed by atoms with van der Waals surface area (Å²) in [4.78, 5) is 0. The molecule has 2 aliphatic rings. The molecule has 0 spiro atoms. The van der Waals surface area contributed by atoms with Crippen molar-refractivity contribution in [1.82, 2.24) is 4.72 Å². The Hall–Kier alpha value is -0.180. The van der Waals surface area contributed by atoms with Crippen molar-refractivity contribution in [2.75, 3.05) is 18.1 Å². The van der Waals surface area contributed by atoms with Crippen LogP contribution in [0.15, 0.2) is 0 Å². The van der Waals surface area contributed by atoms with Crippen LogP contribution in [-0.2, 0) is 19.9 Å². The second kappa shape index (κ2) is 5.55. The van der Waals surface area contributed by atoms with E-state index in [1.54, 1.807) is 0 Å². The van der Waals surface area contributed by atoms with Crippen LogP contribution < -0.4 is 10.5 Å². The summed E-state index contributed by atoms with van der Waals surface area (Å²) < 4.78 is 50.7. The summed E-state index contributed by atoms with van der Waals surface area (Å²) in [6.07, 6.45) is 3.90. The fourth-order valence-corrected chi connectivity index (χ4v) is 7.86. The molecule has 3 atom stereocenters. The minimum absolute atomic E-state index is 0.0379. The molecule has 0 radical (unpaired) electrons. The Morgan fingerprint density at radius 2 is 2.00 bits per heavy atom. The molecule has 6 nitrogen and oxygen atoms in total. The molecular formula is C12H24N2O4S2. The molecule has 8 heteroatoms. The molecule has 0 aromatic carbocycles. The standard InChI is InChI=1S/C12H24N2O4S2/c1-10-4-2-3-6-12(10,9-13)14-20(17,18)11-5-7-19(15,16)8-11/h10-11,14H,2-9,13H2,1H3. The number of sulfone groups is 1. The van der Waals surface area contributed by atoms with Crippen molar-refractivity contribution >= 4 is 19.9 Å². The average molecular weight is 324 g/mol. The van der Waals surface area contributed by atoms with E-state index >= 15 is 0 Å². The van der Waals surface area contributed by atoms with Gasteiger partial charge in [0, 0.05) is 12.1 Å². The summed E-state index contributed by atoms with van der Waals surface area (Å²) in [7, 11) is -6.85. The van der Waals surface area contributed by atoms with Crippen LogP contribution in [0.3, 0.4) is 0 Å². The van der Waals surface area contributed by atoms with E-state index in [-0.39, 0.29) is 30.4 Å². The first-order valence-electron chi connectivity index (χ1n) is 7.14. The number of nitrogens with two attached hydrogens (primary N) is 1. The fraction of sp³-hybridized carbons (Fsp3) is 1.00. The van der Waals surface area contributed by atoms with Gasteiger partial charge in [0.1, 0.15) is 0 Å². The second-order valence-electron chi connectivity index (χ2n) is 6.18. The van der Waals surface area contributed by atoms with Crippen molar-refractivity contribution in [3.8, 4) is 0 Å². The van der Waals surface area contributed by atoms with Crippen LogP contribution in [-0.4, -0.2) is 45.7 Å². The molecule has 1 aliphatic heterocycles. The largest absolute Gasteiger partial charge is 0.329 e. The summed E-state index contributed by atoms with van der Waals surface area (Å²) >= 11 is 0. The van der Waals surface area contributed by atoms with Crippen LogP contribution >= 0.6 is 0 Å². The predicted molar refractivity (Wildman–Crippen MR) is 78.5 cm³/mol. The minimum atomic E-state index is -3.64. The van der Waals surface area contributed by atoms with Gasteiger partial charge >= 0.3 is 0 Å². The molecule has 2 rings (SSSR count). The second-order valence-corrected chi connectivity index (χ2v) is 10.4. The van der Waals surface area contributed by atoms with Crippen LogP contribution in [0.5, 0.6) is 0 Å². The van der Waals surface area contributed by atoms with E-state index < -0.39 is 30.6 Å². The molecule has 1 saturated carbocycles. The van der Waals surface area contributed by atoms with E-state index in [0.717, 1.165) is 25.7 Å². The van der Waals surface area contributed by atoms with E-state index in [9.17, 15) is 16.8 Å². The number of nitrogens with one attached hydrogen (secondary N) is 1. The molecule has 1 heterocycles. The SMILES string of the molecule is CC1CCCCC1(CN)NS(=O)(=O)C1CCS(=O)(=O)C1. The van der Waals surface area contributed by atoms with E-state index in [2.05, 4.69) is 4.72 Å². The number of sulfonamides is 1. The zero-order chi connectivity index (χ0) is 15.0. The molecule has 1 saturated heterocycles. The summed E-state index contributed by atoms with van der Waals surface area (Å²) in [5.74, 6) is -0.129. The van der Waals surface area contributed by atoms with Crippen molar-refractivity contribution in [2.24, 2.45) is 11.7 Å². The topological polar surface area (TPSA) is 106 Å². The maximum atomic E-state index is 12.5. The maximum Gasteiger partial charge on any atom is 0.216 e. The predicted octanol–water partition coefficient (Wildman–Crippen LogP) is 0.000500. The normalized spacial score (nSPS) is 37.9. The van der Waals surface area contributed by atoms with Gasteiger partial charge < -0.3 is 5.73 Å². The van der Waals surface area contributed by atoms with Crippen LogP contribution in [0, 0.1) is 5.92 Å². The summed E-state index contributed by atoms with van der Waals surface area (Å²) in [6, 6.07) is 0. The van der Waals surface area contributed by atoms with Crippen LogP contribution in [0.2, 0.25) is 0 Å². The highest BCUT2D eigenvalue weighted by Gasteiger charge is 2.44. The molecule has 2 fully saturated rings. The zero-order valence-corrected chi connectivity index (χ0v) is 13.5. The van der Waals surface area contributed by atoms with Gasteiger partial charge in [-0.2, -0.15) is 0 Å². The first kappa shape index (κ1) is 16.2. The van der Waals surface area contributed by atoms with E-state index in [1.807, 2.05) is 6.92 Å². The molecule has 3 N–H and O–H groups in total. The van der Waals surface area contributed by atoms with Crippen molar-refractivity contribution < 1.29 is 16.8 Å². The molecule has 1 aliphatic carbocycles. The first-order chi connectivity index (χ1) is 9.21. The first-order valence-corrected chi connectivity index (χ1v) is 10.5. The van der Waals surface area contributed by atoms with Gasteiger partial charge in [-0.05, 0) is 25.2 Å². The van der Waals surface area contributed by atoms with Crippen LogP contribution in [0.25, 0.3) is 0 Å². The molecular weight excluding hydrogens is 300 g/mol. The van der Waals surface area contributed by atoms with Gasteiger partial charge in [0.05, 0.1) is 16.8 Å². The van der Waals surface area contributed by atoms with Gasteiger partial charge in [-0.3, -0.25) is 0 Å². The maximum absolute atomic E-state index is 12.5. The number of hydrogen-bond donors (Lipinski definition) is 2. The monoisotopic (exact) mass is 324 g/mol. The van der Waals surface area contributed by atoms with Crippen LogP contribution in [0.4, 0.5) is 0 Å². The number of rotatable bonds is 4. The molecule has 0 amide bonds. The molecule has 20 heavy (non-hydrogen) atoms. The van der Waals surface area contributed by atoms with Gasteiger partial charge in [0.25, 0.3) is 0 Å². The summed E-state index contributed by atoms with van der Waals surface area (Å²) in [5, 5.41) is -0.829. The fourth-order valence-electron chi connectivity index (χ4n) is 3.28. The molecule has 3 unspecified atom stereocenters. The van der Waals surface area contributed by atoms with E-state index in [0.29, 0.717) is 0 Å². The quantitative estimate of drug-likeness (QED) is 0.757. The van der Waals surface area contributed by atoms with Gasteiger partial charge in [0.15, 0.2) is 9.84 Å². The Kier molecular flexibility index (Phi) is 4.49. The highest BCUT2D eigenvalue weighted by molar-refractivity contribution is 7.95. The lowest BCUT2D eigenvalue weighted by atomic mass is 9.74. The zero-order valence-electron chi connectivity index (χ0n) is 11.8. The Bertz CT molecular complexity index is 558. The Balaban J connectivity index is 2.18. The van der Waals surface area contributed by atoms with Crippen molar-refractivity contribution in [3.63, 3.8) is 0 Å². The Morgan fingerprint density at radius 1 is 1.30 bits per heavy atom. The van der Waals surface area contributed by atoms with Crippen LogP contribution in [0.1, 0.15) is 39.0 Å². The third-order valence-electron chi connectivity index (χ3n) is 4.79. The summed E-state index contributed by atoms with van der Waals surface area (Å²) in [5.41, 5.74) is 5.23. The van der Waals surface area contributed by atoms with Crippen molar-refractivity contribution in [2.45, 2.75) is 49.8 Å². The lowest BCUT2D eigenvalue weighted by Crippen LogP contribution is -2.60. The van der Waals surface area contributed by atoms with E-state index in [1.165, 1.54) is 0 Å². The highest BCUT2D eigenvalue weighted by Crippen LogP contribution is 2.34. The molecule has 0 bridgehead atoms.